The Bertz CT molecular complexity index is 762. The van der Waals surface area contributed by atoms with Crippen LogP contribution in [0.2, 0.25) is 0 Å². The van der Waals surface area contributed by atoms with Crippen molar-refractivity contribution in [3.05, 3.63) is 35.7 Å². The van der Waals surface area contributed by atoms with Gasteiger partial charge in [-0.25, -0.2) is 0 Å². The average Bonchev–Trinajstić information content (AvgIpc) is 3.10. The van der Waals surface area contributed by atoms with E-state index < -0.39 is 0 Å². The Hall–Kier alpha value is -2.17. The molecule has 2 aliphatic rings. The number of carbonyl (C=O) groups is 1. The molecule has 1 atom stereocenters. The molecule has 2 aromatic rings. The molecule has 1 saturated carbocycles. The van der Waals surface area contributed by atoms with Gasteiger partial charge in [0.2, 0.25) is 17.6 Å². The zero-order chi connectivity index (χ0) is 18.1. The Labute approximate surface area is 154 Å². The van der Waals surface area contributed by atoms with Crippen LogP contribution in [0.15, 0.2) is 28.8 Å². The zero-order valence-corrected chi connectivity index (χ0v) is 15.6. The molecule has 5 heteroatoms. The Balaban J connectivity index is 1.45. The molecule has 4 rings (SSSR count). The maximum absolute atomic E-state index is 12.5. The second-order valence-corrected chi connectivity index (χ2v) is 7.98. The second kappa shape index (κ2) is 7.22. The molecule has 1 aromatic heterocycles. The van der Waals surface area contributed by atoms with Crippen LogP contribution in [0.4, 0.5) is 0 Å². The van der Waals surface area contributed by atoms with Crippen LogP contribution in [0.1, 0.15) is 69.2 Å². The maximum Gasteiger partial charge on any atom is 0.231 e. The molecule has 1 aliphatic heterocycles. The number of hydrogen-bond donors (Lipinski definition) is 0. The lowest BCUT2D eigenvalue weighted by atomic mass is 9.83. The molecule has 1 aromatic carbocycles. The van der Waals surface area contributed by atoms with Gasteiger partial charge in [-0.05, 0) is 37.2 Å². The van der Waals surface area contributed by atoms with E-state index in [1.165, 1.54) is 12.0 Å². The summed E-state index contributed by atoms with van der Waals surface area (Å²) in [6.45, 7) is 5.94. The van der Waals surface area contributed by atoms with Crippen molar-refractivity contribution in [3.8, 4) is 11.4 Å². The topological polar surface area (TPSA) is 59.2 Å². The Kier molecular flexibility index (Phi) is 4.79. The van der Waals surface area contributed by atoms with E-state index in [-0.39, 0.29) is 11.8 Å². The van der Waals surface area contributed by atoms with E-state index in [9.17, 15) is 4.79 Å². The van der Waals surface area contributed by atoms with Gasteiger partial charge in [0.1, 0.15) is 0 Å². The van der Waals surface area contributed by atoms with Crippen molar-refractivity contribution in [1.29, 1.82) is 0 Å². The van der Waals surface area contributed by atoms with Gasteiger partial charge < -0.3 is 9.42 Å². The van der Waals surface area contributed by atoms with E-state index in [0.717, 1.165) is 37.8 Å². The molecular weight excluding hydrogens is 326 g/mol. The van der Waals surface area contributed by atoms with E-state index in [2.05, 4.69) is 48.3 Å². The second-order valence-electron chi connectivity index (χ2n) is 7.98. The normalized spacial score (nSPS) is 21.0. The van der Waals surface area contributed by atoms with Gasteiger partial charge in [0.15, 0.2) is 0 Å². The molecule has 1 amide bonds. The van der Waals surface area contributed by atoms with E-state index >= 15 is 0 Å². The van der Waals surface area contributed by atoms with Crippen molar-refractivity contribution in [3.63, 3.8) is 0 Å². The molecule has 1 saturated heterocycles. The first-order chi connectivity index (χ1) is 12.6. The Morgan fingerprint density at radius 1 is 1.15 bits per heavy atom. The molecule has 2 heterocycles. The summed E-state index contributed by atoms with van der Waals surface area (Å²) in [5.41, 5.74) is 2.28. The first kappa shape index (κ1) is 17.3. The quantitative estimate of drug-likeness (QED) is 0.819. The van der Waals surface area contributed by atoms with Crippen LogP contribution in [0.25, 0.3) is 11.4 Å². The minimum absolute atomic E-state index is 0.156. The minimum Gasteiger partial charge on any atom is -0.342 e. The van der Waals surface area contributed by atoms with Crippen LogP contribution in [-0.4, -0.2) is 34.0 Å². The van der Waals surface area contributed by atoms with Gasteiger partial charge in [0, 0.05) is 24.6 Å². The SMILES string of the molecule is CC(C)c1ccc(-c2noc([C@@H]3CCCN(C(=O)C4CCC4)C3)n2)cc1. The number of likely N-dealkylation sites (tertiary alicyclic amines) is 1. The predicted molar refractivity (Wildman–Crippen MR) is 99.7 cm³/mol. The largest absolute Gasteiger partial charge is 0.342 e. The van der Waals surface area contributed by atoms with Crippen LogP contribution in [0, 0.1) is 5.92 Å². The highest BCUT2D eigenvalue weighted by atomic mass is 16.5. The fourth-order valence-corrected chi connectivity index (χ4v) is 3.83. The zero-order valence-electron chi connectivity index (χ0n) is 15.6. The molecule has 0 radical (unpaired) electrons. The van der Waals surface area contributed by atoms with Crippen molar-refractivity contribution in [2.24, 2.45) is 5.92 Å². The highest BCUT2D eigenvalue weighted by Gasteiger charge is 2.34. The standard InChI is InChI=1S/C21H27N3O2/c1-14(2)15-8-10-16(11-9-15)19-22-20(26-23-19)18-7-4-12-24(13-18)21(25)17-5-3-6-17/h8-11,14,17-18H,3-7,12-13H2,1-2H3/t18-/m1/s1. The maximum atomic E-state index is 12.5. The van der Waals surface area contributed by atoms with E-state index in [1.54, 1.807) is 0 Å². The van der Waals surface area contributed by atoms with Crippen LogP contribution in [0.3, 0.4) is 0 Å². The van der Waals surface area contributed by atoms with Gasteiger partial charge in [-0.15, -0.1) is 0 Å². The molecule has 0 N–H and O–H groups in total. The molecular formula is C21H27N3O2. The summed E-state index contributed by atoms with van der Waals surface area (Å²) in [7, 11) is 0. The van der Waals surface area contributed by atoms with Crippen LogP contribution < -0.4 is 0 Å². The fraction of sp³-hybridized carbons (Fsp3) is 0.571. The van der Waals surface area contributed by atoms with Crippen molar-refractivity contribution < 1.29 is 9.32 Å². The number of amides is 1. The summed E-state index contributed by atoms with van der Waals surface area (Å²) in [6, 6.07) is 8.35. The van der Waals surface area contributed by atoms with Crippen LogP contribution in [0.5, 0.6) is 0 Å². The van der Waals surface area contributed by atoms with Crippen molar-refractivity contribution in [2.75, 3.05) is 13.1 Å². The fourth-order valence-electron chi connectivity index (χ4n) is 3.83. The van der Waals surface area contributed by atoms with Crippen molar-refractivity contribution in [1.82, 2.24) is 15.0 Å². The number of nitrogens with zero attached hydrogens (tertiary/aromatic N) is 3. The third-order valence-corrected chi connectivity index (χ3v) is 5.81. The first-order valence-electron chi connectivity index (χ1n) is 9.84. The van der Waals surface area contributed by atoms with Crippen LogP contribution in [-0.2, 0) is 4.79 Å². The summed E-state index contributed by atoms with van der Waals surface area (Å²) in [6.07, 6.45) is 5.30. The number of benzene rings is 1. The van der Waals surface area contributed by atoms with Gasteiger partial charge in [-0.3, -0.25) is 4.79 Å². The number of piperidine rings is 1. The van der Waals surface area contributed by atoms with Crippen molar-refractivity contribution in [2.45, 2.75) is 57.8 Å². The van der Waals surface area contributed by atoms with Gasteiger partial charge in [0.25, 0.3) is 0 Å². The number of rotatable bonds is 4. The van der Waals surface area contributed by atoms with Gasteiger partial charge in [0.05, 0.1) is 5.92 Å². The summed E-state index contributed by atoms with van der Waals surface area (Å²) >= 11 is 0. The first-order valence-corrected chi connectivity index (χ1v) is 9.84. The van der Waals surface area contributed by atoms with Gasteiger partial charge >= 0.3 is 0 Å². The third-order valence-electron chi connectivity index (χ3n) is 5.81. The summed E-state index contributed by atoms with van der Waals surface area (Å²) in [5, 5.41) is 4.18. The van der Waals surface area contributed by atoms with Crippen molar-refractivity contribution >= 4 is 5.91 Å². The highest BCUT2D eigenvalue weighted by molar-refractivity contribution is 5.79. The predicted octanol–water partition coefficient (Wildman–Crippen LogP) is 4.37. The molecule has 5 nitrogen and oxygen atoms in total. The number of hydrogen-bond acceptors (Lipinski definition) is 4. The molecule has 0 unspecified atom stereocenters. The molecule has 2 fully saturated rings. The summed E-state index contributed by atoms with van der Waals surface area (Å²) < 4.78 is 5.57. The molecule has 1 aliphatic carbocycles. The Morgan fingerprint density at radius 3 is 2.58 bits per heavy atom. The number of aromatic nitrogens is 2. The van der Waals surface area contributed by atoms with E-state index in [0.29, 0.717) is 30.1 Å². The van der Waals surface area contributed by atoms with Crippen LogP contribution >= 0.6 is 0 Å². The average molecular weight is 353 g/mol. The van der Waals surface area contributed by atoms with Gasteiger partial charge in [-0.2, -0.15) is 4.98 Å². The molecule has 138 valence electrons. The highest BCUT2D eigenvalue weighted by Crippen LogP contribution is 2.32. The minimum atomic E-state index is 0.156. The lowest BCUT2D eigenvalue weighted by Gasteiger charge is -2.36. The molecule has 0 bridgehead atoms. The summed E-state index contributed by atoms with van der Waals surface area (Å²) in [4.78, 5) is 19.2. The molecule has 0 spiro atoms. The summed E-state index contributed by atoms with van der Waals surface area (Å²) in [5.74, 6) is 2.54. The van der Waals surface area contributed by atoms with E-state index in [1.807, 2.05) is 4.90 Å². The Morgan fingerprint density at radius 2 is 1.92 bits per heavy atom. The molecule has 26 heavy (non-hydrogen) atoms. The third kappa shape index (κ3) is 3.39. The lowest BCUT2D eigenvalue weighted by Crippen LogP contribution is -2.44. The van der Waals surface area contributed by atoms with Gasteiger partial charge in [-0.1, -0.05) is 49.7 Å². The monoisotopic (exact) mass is 353 g/mol. The lowest BCUT2D eigenvalue weighted by molar-refractivity contribution is -0.139. The smallest absolute Gasteiger partial charge is 0.231 e. The number of carbonyl (C=O) groups excluding carboxylic acids is 1. The van der Waals surface area contributed by atoms with E-state index in [4.69, 9.17) is 4.52 Å².